The summed E-state index contributed by atoms with van der Waals surface area (Å²) >= 11 is 0. The molecule has 5 nitrogen and oxygen atoms in total. The standard InChI is InChI=1S/C14H27N3O2/c1-13(2,3)12(19)16-9-11(18)17-10-14(4)5-7-15-8-6-14/h15H,5-10H2,1-4H3,(H,16,19)(H,17,18). The highest BCUT2D eigenvalue weighted by molar-refractivity contribution is 5.87. The third-order valence-corrected chi connectivity index (χ3v) is 3.61. The number of rotatable bonds is 4. The summed E-state index contributed by atoms with van der Waals surface area (Å²) in [6.45, 7) is 10.4. The van der Waals surface area contributed by atoms with E-state index in [0.29, 0.717) is 6.54 Å². The van der Waals surface area contributed by atoms with Crippen LogP contribution < -0.4 is 16.0 Å². The van der Waals surface area contributed by atoms with Gasteiger partial charge in [0.25, 0.3) is 0 Å². The number of piperidine rings is 1. The molecule has 0 saturated carbocycles. The van der Waals surface area contributed by atoms with Crippen molar-refractivity contribution in [2.24, 2.45) is 10.8 Å². The molecule has 0 unspecified atom stereocenters. The van der Waals surface area contributed by atoms with Gasteiger partial charge in [-0.3, -0.25) is 9.59 Å². The van der Waals surface area contributed by atoms with Crippen LogP contribution in [-0.2, 0) is 9.59 Å². The van der Waals surface area contributed by atoms with Crippen molar-refractivity contribution in [2.75, 3.05) is 26.2 Å². The molecule has 0 aromatic carbocycles. The number of hydrogen-bond acceptors (Lipinski definition) is 3. The molecule has 5 heteroatoms. The van der Waals surface area contributed by atoms with Gasteiger partial charge in [-0.1, -0.05) is 27.7 Å². The van der Waals surface area contributed by atoms with Crippen LogP contribution in [0.5, 0.6) is 0 Å². The SMILES string of the molecule is CC1(CNC(=O)CNC(=O)C(C)(C)C)CCNCC1. The molecule has 1 fully saturated rings. The predicted molar refractivity (Wildman–Crippen MR) is 75.7 cm³/mol. The molecular weight excluding hydrogens is 242 g/mol. The van der Waals surface area contributed by atoms with Gasteiger partial charge in [-0.25, -0.2) is 0 Å². The molecule has 0 aromatic rings. The highest BCUT2D eigenvalue weighted by atomic mass is 16.2. The van der Waals surface area contributed by atoms with Crippen LogP contribution >= 0.6 is 0 Å². The van der Waals surface area contributed by atoms with Gasteiger partial charge in [-0.2, -0.15) is 0 Å². The predicted octanol–water partition coefficient (Wildman–Crippen LogP) is 0.655. The number of nitrogens with one attached hydrogen (secondary N) is 3. The highest BCUT2D eigenvalue weighted by Crippen LogP contribution is 2.26. The third kappa shape index (κ3) is 5.59. The molecule has 19 heavy (non-hydrogen) atoms. The van der Waals surface area contributed by atoms with Crippen LogP contribution in [0.1, 0.15) is 40.5 Å². The monoisotopic (exact) mass is 269 g/mol. The van der Waals surface area contributed by atoms with Crippen molar-refractivity contribution >= 4 is 11.8 Å². The Morgan fingerprint density at radius 3 is 2.26 bits per heavy atom. The van der Waals surface area contributed by atoms with Crippen LogP contribution in [0.15, 0.2) is 0 Å². The molecule has 1 saturated heterocycles. The summed E-state index contributed by atoms with van der Waals surface area (Å²) in [6, 6.07) is 0. The van der Waals surface area contributed by atoms with Gasteiger partial charge in [0.2, 0.25) is 11.8 Å². The molecule has 3 N–H and O–H groups in total. The molecule has 1 heterocycles. The minimum Gasteiger partial charge on any atom is -0.354 e. The maximum absolute atomic E-state index is 11.7. The van der Waals surface area contributed by atoms with E-state index in [1.165, 1.54) is 0 Å². The number of carbonyl (C=O) groups is 2. The van der Waals surface area contributed by atoms with E-state index < -0.39 is 5.41 Å². The van der Waals surface area contributed by atoms with Gasteiger partial charge in [0.15, 0.2) is 0 Å². The van der Waals surface area contributed by atoms with E-state index in [0.717, 1.165) is 25.9 Å². The van der Waals surface area contributed by atoms with Crippen molar-refractivity contribution in [3.05, 3.63) is 0 Å². The van der Waals surface area contributed by atoms with Crippen molar-refractivity contribution < 1.29 is 9.59 Å². The van der Waals surface area contributed by atoms with E-state index in [4.69, 9.17) is 0 Å². The van der Waals surface area contributed by atoms with Crippen LogP contribution in [0.2, 0.25) is 0 Å². The van der Waals surface area contributed by atoms with Gasteiger partial charge in [-0.15, -0.1) is 0 Å². The fourth-order valence-corrected chi connectivity index (χ4v) is 2.01. The second-order valence-electron chi connectivity index (χ2n) is 6.77. The molecule has 0 atom stereocenters. The Morgan fingerprint density at radius 1 is 1.16 bits per heavy atom. The van der Waals surface area contributed by atoms with Crippen LogP contribution in [-0.4, -0.2) is 38.0 Å². The lowest BCUT2D eigenvalue weighted by molar-refractivity contribution is -0.131. The highest BCUT2D eigenvalue weighted by Gasteiger charge is 2.27. The zero-order valence-electron chi connectivity index (χ0n) is 12.6. The first-order valence-electron chi connectivity index (χ1n) is 6.99. The van der Waals surface area contributed by atoms with Crippen LogP contribution in [0.4, 0.5) is 0 Å². The average Bonchev–Trinajstić information content (AvgIpc) is 2.33. The van der Waals surface area contributed by atoms with Crippen LogP contribution in [0, 0.1) is 10.8 Å². The molecule has 110 valence electrons. The van der Waals surface area contributed by atoms with Gasteiger partial charge in [0.1, 0.15) is 0 Å². The Bertz CT molecular complexity index is 328. The summed E-state index contributed by atoms with van der Waals surface area (Å²) in [6.07, 6.45) is 2.14. The first-order chi connectivity index (χ1) is 8.73. The molecule has 2 amide bonds. The number of hydrogen-bond donors (Lipinski definition) is 3. The second-order valence-corrected chi connectivity index (χ2v) is 6.77. The zero-order chi connectivity index (χ0) is 14.5. The van der Waals surface area contributed by atoms with Crippen molar-refractivity contribution in [3.8, 4) is 0 Å². The summed E-state index contributed by atoms with van der Waals surface area (Å²) in [5.74, 6) is -0.215. The maximum atomic E-state index is 11.7. The van der Waals surface area contributed by atoms with Crippen molar-refractivity contribution in [1.29, 1.82) is 0 Å². The lowest BCUT2D eigenvalue weighted by Crippen LogP contribution is -2.46. The summed E-state index contributed by atoms with van der Waals surface area (Å²) in [4.78, 5) is 23.4. The Balaban J connectivity index is 2.26. The summed E-state index contributed by atoms with van der Waals surface area (Å²) in [7, 11) is 0. The molecule has 1 aliphatic heterocycles. The molecule has 0 radical (unpaired) electrons. The smallest absolute Gasteiger partial charge is 0.239 e. The summed E-state index contributed by atoms with van der Waals surface area (Å²) < 4.78 is 0. The fraction of sp³-hybridized carbons (Fsp3) is 0.857. The zero-order valence-corrected chi connectivity index (χ0v) is 12.6. The van der Waals surface area contributed by atoms with Gasteiger partial charge in [-0.05, 0) is 31.3 Å². The number of amides is 2. The summed E-state index contributed by atoms with van der Waals surface area (Å²) in [5.41, 5.74) is -0.282. The minimum absolute atomic E-state index is 0.0600. The Hall–Kier alpha value is -1.10. The first kappa shape index (κ1) is 16.0. The quantitative estimate of drug-likeness (QED) is 0.702. The Kier molecular flexibility index (Phi) is 5.35. The van der Waals surface area contributed by atoms with Gasteiger partial charge < -0.3 is 16.0 Å². The van der Waals surface area contributed by atoms with E-state index >= 15 is 0 Å². The van der Waals surface area contributed by atoms with E-state index in [9.17, 15) is 9.59 Å². The average molecular weight is 269 g/mol. The minimum atomic E-state index is -0.457. The molecule has 1 rings (SSSR count). The fourth-order valence-electron chi connectivity index (χ4n) is 2.01. The summed E-state index contributed by atoms with van der Waals surface area (Å²) in [5, 5.41) is 8.89. The normalized spacial score (nSPS) is 18.7. The van der Waals surface area contributed by atoms with E-state index in [1.807, 2.05) is 20.8 Å². The molecular formula is C14H27N3O2. The lowest BCUT2D eigenvalue weighted by atomic mass is 9.81. The second kappa shape index (κ2) is 6.37. The largest absolute Gasteiger partial charge is 0.354 e. The maximum Gasteiger partial charge on any atom is 0.239 e. The topological polar surface area (TPSA) is 70.2 Å². The van der Waals surface area contributed by atoms with Crippen molar-refractivity contribution in [3.63, 3.8) is 0 Å². The molecule has 0 aliphatic carbocycles. The van der Waals surface area contributed by atoms with E-state index in [2.05, 4.69) is 22.9 Å². The van der Waals surface area contributed by atoms with Gasteiger partial charge in [0.05, 0.1) is 6.54 Å². The van der Waals surface area contributed by atoms with Gasteiger partial charge >= 0.3 is 0 Å². The molecule has 0 aromatic heterocycles. The molecule has 0 spiro atoms. The van der Waals surface area contributed by atoms with Crippen LogP contribution in [0.25, 0.3) is 0 Å². The van der Waals surface area contributed by atoms with E-state index in [1.54, 1.807) is 0 Å². The molecule has 1 aliphatic rings. The van der Waals surface area contributed by atoms with Crippen molar-refractivity contribution in [2.45, 2.75) is 40.5 Å². The third-order valence-electron chi connectivity index (χ3n) is 3.61. The number of carbonyl (C=O) groups excluding carboxylic acids is 2. The first-order valence-corrected chi connectivity index (χ1v) is 6.99. The van der Waals surface area contributed by atoms with E-state index in [-0.39, 0.29) is 23.8 Å². The van der Waals surface area contributed by atoms with Crippen LogP contribution in [0.3, 0.4) is 0 Å². The Labute approximate surface area is 115 Å². The van der Waals surface area contributed by atoms with Crippen molar-refractivity contribution in [1.82, 2.24) is 16.0 Å². The Morgan fingerprint density at radius 2 is 1.74 bits per heavy atom. The van der Waals surface area contributed by atoms with Gasteiger partial charge in [0, 0.05) is 12.0 Å². The molecule has 0 bridgehead atoms. The lowest BCUT2D eigenvalue weighted by Gasteiger charge is -2.34.